The second-order valence-corrected chi connectivity index (χ2v) is 7.24. The zero-order valence-electron chi connectivity index (χ0n) is 11.6. The van der Waals surface area contributed by atoms with Gasteiger partial charge < -0.3 is 5.73 Å². The fourth-order valence-corrected chi connectivity index (χ4v) is 4.26. The molecule has 1 heterocycles. The van der Waals surface area contributed by atoms with Gasteiger partial charge in [0.2, 0.25) is 10.0 Å². The molecule has 0 saturated carbocycles. The smallest absolute Gasteiger partial charge is 0.243 e. The van der Waals surface area contributed by atoms with Gasteiger partial charge >= 0.3 is 0 Å². The maximum absolute atomic E-state index is 12.7. The van der Waals surface area contributed by atoms with Gasteiger partial charge in [-0.05, 0) is 42.9 Å². The van der Waals surface area contributed by atoms with Crippen LogP contribution in [0.2, 0.25) is 0 Å². The summed E-state index contributed by atoms with van der Waals surface area (Å²) in [7, 11) is -3.37. The van der Waals surface area contributed by atoms with E-state index in [2.05, 4.69) is 6.92 Å². The highest BCUT2D eigenvalue weighted by Gasteiger charge is 2.29. The molecule has 2 N–H and O–H groups in total. The Labute approximate surface area is 115 Å². The lowest BCUT2D eigenvalue weighted by Gasteiger charge is -2.30. The molecule has 1 aliphatic rings. The summed E-state index contributed by atoms with van der Waals surface area (Å²) < 4.78 is 26.9. The van der Waals surface area contributed by atoms with E-state index in [9.17, 15) is 8.42 Å². The maximum Gasteiger partial charge on any atom is 0.243 e. The number of benzene rings is 1. The second-order valence-electron chi connectivity index (χ2n) is 5.33. The molecule has 1 aromatic carbocycles. The lowest BCUT2D eigenvalue weighted by Crippen LogP contribution is -2.38. The molecule has 4 nitrogen and oxygen atoms in total. The zero-order chi connectivity index (χ0) is 14.0. The number of piperidine rings is 1. The summed E-state index contributed by atoms with van der Waals surface area (Å²) in [6, 6.07) is 5.34. The zero-order valence-corrected chi connectivity index (χ0v) is 12.4. The summed E-state index contributed by atoms with van der Waals surface area (Å²) in [6.45, 7) is 5.61. The van der Waals surface area contributed by atoms with Crippen molar-refractivity contribution in [3.8, 4) is 0 Å². The van der Waals surface area contributed by atoms with Gasteiger partial charge in [0.05, 0.1) is 4.90 Å². The standard InChI is InChI=1S/C14H22N2O2S/c1-11-6-8-16(9-7-11)19(17,18)14-5-3-4-13(10-15)12(14)2/h3-5,11H,6-10,15H2,1-2H3. The van der Waals surface area contributed by atoms with Crippen LogP contribution < -0.4 is 5.73 Å². The molecule has 0 atom stereocenters. The van der Waals surface area contributed by atoms with Gasteiger partial charge in [-0.15, -0.1) is 0 Å². The Morgan fingerprint density at radius 1 is 1.32 bits per heavy atom. The van der Waals surface area contributed by atoms with E-state index in [0.717, 1.165) is 24.0 Å². The van der Waals surface area contributed by atoms with Gasteiger partial charge in [0, 0.05) is 19.6 Å². The predicted octanol–water partition coefficient (Wildman–Crippen LogP) is 1.87. The summed E-state index contributed by atoms with van der Waals surface area (Å²) in [5, 5.41) is 0. The van der Waals surface area contributed by atoms with Crippen LogP contribution in [0.5, 0.6) is 0 Å². The normalized spacial score (nSPS) is 18.7. The molecule has 0 spiro atoms. The number of hydrogen-bond acceptors (Lipinski definition) is 3. The number of rotatable bonds is 3. The average Bonchev–Trinajstić information content (AvgIpc) is 2.39. The van der Waals surface area contributed by atoms with Gasteiger partial charge in [-0.1, -0.05) is 19.1 Å². The molecule has 0 amide bonds. The molecule has 106 valence electrons. The highest BCUT2D eigenvalue weighted by Crippen LogP contribution is 2.26. The Morgan fingerprint density at radius 2 is 1.95 bits per heavy atom. The Hall–Kier alpha value is -0.910. The van der Waals surface area contributed by atoms with E-state index >= 15 is 0 Å². The number of hydrogen-bond donors (Lipinski definition) is 1. The first-order chi connectivity index (χ1) is 8.96. The summed E-state index contributed by atoms with van der Waals surface area (Å²) in [6.07, 6.45) is 1.88. The van der Waals surface area contributed by atoms with E-state index in [1.54, 1.807) is 16.4 Å². The van der Waals surface area contributed by atoms with Gasteiger partial charge in [0.1, 0.15) is 0 Å². The van der Waals surface area contributed by atoms with Crippen LogP contribution in [-0.4, -0.2) is 25.8 Å². The molecule has 1 aromatic rings. The highest BCUT2D eigenvalue weighted by molar-refractivity contribution is 7.89. The van der Waals surface area contributed by atoms with Gasteiger partial charge in [0.15, 0.2) is 0 Å². The average molecular weight is 282 g/mol. The minimum Gasteiger partial charge on any atom is -0.326 e. The topological polar surface area (TPSA) is 63.4 Å². The fourth-order valence-electron chi connectivity index (χ4n) is 2.52. The van der Waals surface area contributed by atoms with Crippen molar-refractivity contribution in [3.05, 3.63) is 29.3 Å². The van der Waals surface area contributed by atoms with Gasteiger partial charge in [-0.25, -0.2) is 8.42 Å². The summed E-state index contributed by atoms with van der Waals surface area (Å²) >= 11 is 0. The molecule has 0 aromatic heterocycles. The molecule has 19 heavy (non-hydrogen) atoms. The molecule has 1 aliphatic heterocycles. The van der Waals surface area contributed by atoms with Crippen molar-refractivity contribution in [2.75, 3.05) is 13.1 Å². The van der Waals surface area contributed by atoms with Crippen LogP contribution in [-0.2, 0) is 16.6 Å². The van der Waals surface area contributed by atoms with Crippen molar-refractivity contribution < 1.29 is 8.42 Å². The van der Waals surface area contributed by atoms with Crippen LogP contribution in [0.15, 0.2) is 23.1 Å². The first kappa shape index (κ1) is 14.5. The van der Waals surface area contributed by atoms with Gasteiger partial charge in [-0.3, -0.25) is 0 Å². The molecule has 1 fully saturated rings. The Balaban J connectivity index is 2.35. The van der Waals surface area contributed by atoms with E-state index in [1.807, 2.05) is 13.0 Å². The lowest BCUT2D eigenvalue weighted by molar-refractivity contribution is 0.288. The van der Waals surface area contributed by atoms with E-state index in [4.69, 9.17) is 5.73 Å². The van der Waals surface area contributed by atoms with Crippen LogP contribution in [0.3, 0.4) is 0 Å². The monoisotopic (exact) mass is 282 g/mol. The summed E-state index contributed by atoms with van der Waals surface area (Å²) in [5.41, 5.74) is 7.33. The molecule has 0 unspecified atom stereocenters. The third-order valence-electron chi connectivity index (χ3n) is 3.98. The molecule has 2 rings (SSSR count). The molecule has 1 saturated heterocycles. The Morgan fingerprint density at radius 3 is 2.53 bits per heavy atom. The lowest BCUT2D eigenvalue weighted by atomic mass is 10.0. The van der Waals surface area contributed by atoms with Crippen LogP contribution >= 0.6 is 0 Å². The molecule has 0 bridgehead atoms. The first-order valence-corrected chi connectivity index (χ1v) is 8.19. The van der Waals surface area contributed by atoms with E-state index in [1.165, 1.54) is 0 Å². The third-order valence-corrected chi connectivity index (χ3v) is 6.02. The molecule has 5 heteroatoms. The van der Waals surface area contributed by atoms with Crippen LogP contribution in [0.1, 0.15) is 30.9 Å². The third kappa shape index (κ3) is 2.83. The van der Waals surface area contributed by atoms with Crippen LogP contribution in [0, 0.1) is 12.8 Å². The fraction of sp³-hybridized carbons (Fsp3) is 0.571. The SMILES string of the molecule is Cc1c(CN)cccc1S(=O)(=O)N1CCC(C)CC1. The van der Waals surface area contributed by atoms with E-state index in [-0.39, 0.29) is 0 Å². The molecular formula is C14H22N2O2S. The molecular weight excluding hydrogens is 260 g/mol. The largest absolute Gasteiger partial charge is 0.326 e. The van der Waals surface area contributed by atoms with Crippen molar-refractivity contribution in [1.29, 1.82) is 0 Å². The molecule has 0 aliphatic carbocycles. The first-order valence-electron chi connectivity index (χ1n) is 6.75. The van der Waals surface area contributed by atoms with Crippen LogP contribution in [0.25, 0.3) is 0 Å². The minimum atomic E-state index is -3.37. The van der Waals surface area contributed by atoms with Gasteiger partial charge in [0.25, 0.3) is 0 Å². The predicted molar refractivity (Wildman–Crippen MR) is 76.2 cm³/mol. The van der Waals surface area contributed by atoms with Gasteiger partial charge in [-0.2, -0.15) is 4.31 Å². The van der Waals surface area contributed by atoms with E-state index in [0.29, 0.717) is 30.4 Å². The van der Waals surface area contributed by atoms with Crippen LogP contribution in [0.4, 0.5) is 0 Å². The summed E-state index contributed by atoms with van der Waals surface area (Å²) in [4.78, 5) is 0.407. The van der Waals surface area contributed by atoms with Crippen molar-refractivity contribution >= 4 is 10.0 Å². The Kier molecular flexibility index (Phi) is 4.28. The van der Waals surface area contributed by atoms with Crippen molar-refractivity contribution in [1.82, 2.24) is 4.31 Å². The Bertz CT molecular complexity index is 547. The maximum atomic E-state index is 12.7. The molecule has 0 radical (unpaired) electrons. The second kappa shape index (κ2) is 5.61. The quantitative estimate of drug-likeness (QED) is 0.920. The highest BCUT2D eigenvalue weighted by atomic mass is 32.2. The number of nitrogens with zero attached hydrogens (tertiary/aromatic N) is 1. The van der Waals surface area contributed by atoms with Crippen molar-refractivity contribution in [2.24, 2.45) is 11.7 Å². The van der Waals surface area contributed by atoms with Crippen molar-refractivity contribution in [2.45, 2.75) is 38.1 Å². The van der Waals surface area contributed by atoms with E-state index < -0.39 is 10.0 Å². The number of sulfonamides is 1. The number of nitrogens with two attached hydrogens (primary N) is 1. The van der Waals surface area contributed by atoms with Crippen molar-refractivity contribution in [3.63, 3.8) is 0 Å². The summed E-state index contributed by atoms with van der Waals surface area (Å²) in [5.74, 6) is 0.614. The minimum absolute atomic E-state index is 0.367.